The molecule has 10 heteroatoms. The first-order chi connectivity index (χ1) is 19.4. The fourth-order valence-corrected chi connectivity index (χ4v) is 4.81. The molecule has 0 amide bonds. The van der Waals surface area contributed by atoms with Crippen LogP contribution in [0.5, 0.6) is 11.8 Å². The number of phenols is 1. The van der Waals surface area contributed by atoms with Gasteiger partial charge in [-0.1, -0.05) is 18.2 Å². The van der Waals surface area contributed by atoms with E-state index >= 15 is 0 Å². The van der Waals surface area contributed by atoms with E-state index in [1.807, 2.05) is 22.8 Å². The van der Waals surface area contributed by atoms with Crippen molar-refractivity contribution in [1.29, 1.82) is 10.5 Å². The van der Waals surface area contributed by atoms with Crippen molar-refractivity contribution in [1.82, 2.24) is 24.5 Å². The highest BCUT2D eigenvalue weighted by atomic mass is 16.5. The van der Waals surface area contributed by atoms with Crippen molar-refractivity contribution in [2.45, 2.75) is 25.8 Å². The number of hydrogen-bond donors (Lipinski definition) is 2. The number of imidazole rings is 1. The highest BCUT2D eigenvalue weighted by Gasteiger charge is 2.36. The third-order valence-electron chi connectivity index (χ3n) is 6.83. The van der Waals surface area contributed by atoms with Crippen LogP contribution in [0.25, 0.3) is 33.7 Å². The van der Waals surface area contributed by atoms with Gasteiger partial charge < -0.3 is 15.2 Å². The molecule has 0 saturated carbocycles. The second kappa shape index (κ2) is 9.68. The molecule has 3 aromatic heterocycles. The quantitative estimate of drug-likeness (QED) is 0.318. The van der Waals surface area contributed by atoms with Gasteiger partial charge in [0, 0.05) is 30.1 Å². The molecule has 0 unspecified atom stereocenters. The van der Waals surface area contributed by atoms with Gasteiger partial charge in [-0.3, -0.25) is 9.55 Å². The summed E-state index contributed by atoms with van der Waals surface area (Å²) in [5, 5.41) is 32.5. The SMILES string of the molecule is CC1(C)COc2nc3c(NCCc4ccc(O)c(-c5cccc(C#N)c5)c4)nc(-c4cncc(C#N)c4)nc3n21. The maximum Gasteiger partial charge on any atom is 0.299 e. The second-order valence-electron chi connectivity index (χ2n) is 10.2. The lowest BCUT2D eigenvalue weighted by molar-refractivity contribution is 0.268. The van der Waals surface area contributed by atoms with Crippen LogP contribution in [0.2, 0.25) is 0 Å². The molecule has 2 aromatic carbocycles. The lowest BCUT2D eigenvalue weighted by Crippen LogP contribution is -2.25. The number of nitrogens with zero attached hydrogens (tertiary/aromatic N) is 7. The van der Waals surface area contributed by atoms with Crippen molar-refractivity contribution in [3.63, 3.8) is 0 Å². The van der Waals surface area contributed by atoms with E-state index < -0.39 is 0 Å². The lowest BCUT2D eigenvalue weighted by Gasteiger charge is -2.18. The maximum atomic E-state index is 10.5. The Hall–Kier alpha value is -5.48. The normalized spacial score (nSPS) is 13.3. The van der Waals surface area contributed by atoms with E-state index in [-0.39, 0.29) is 11.3 Å². The van der Waals surface area contributed by atoms with E-state index in [2.05, 4.69) is 36.3 Å². The first-order valence-electron chi connectivity index (χ1n) is 12.7. The molecule has 4 heterocycles. The van der Waals surface area contributed by atoms with Crippen molar-refractivity contribution in [3.8, 4) is 46.4 Å². The second-order valence-corrected chi connectivity index (χ2v) is 10.2. The van der Waals surface area contributed by atoms with E-state index in [1.54, 1.807) is 36.5 Å². The number of phenolic OH excluding ortho intramolecular Hbond substituents is 1. The van der Waals surface area contributed by atoms with Gasteiger partial charge in [-0.05, 0) is 61.7 Å². The molecule has 0 radical (unpaired) electrons. The summed E-state index contributed by atoms with van der Waals surface area (Å²) in [4.78, 5) is 18.4. The monoisotopic (exact) mass is 528 g/mol. The molecule has 0 bridgehead atoms. The molecular weight excluding hydrogens is 504 g/mol. The average Bonchev–Trinajstić information content (AvgIpc) is 3.50. The number of nitriles is 2. The van der Waals surface area contributed by atoms with E-state index in [9.17, 15) is 15.6 Å². The number of aromatic hydroxyl groups is 1. The van der Waals surface area contributed by atoms with E-state index in [0.29, 0.717) is 70.6 Å². The molecule has 6 rings (SSSR count). The van der Waals surface area contributed by atoms with Gasteiger partial charge in [0.05, 0.1) is 22.7 Å². The molecule has 0 saturated heterocycles. The predicted molar refractivity (Wildman–Crippen MR) is 149 cm³/mol. The minimum Gasteiger partial charge on any atom is -0.507 e. The Labute approximate surface area is 230 Å². The fourth-order valence-electron chi connectivity index (χ4n) is 4.81. The van der Waals surface area contributed by atoms with Gasteiger partial charge >= 0.3 is 0 Å². The summed E-state index contributed by atoms with van der Waals surface area (Å²) < 4.78 is 7.82. The van der Waals surface area contributed by atoms with Gasteiger partial charge in [-0.25, -0.2) is 9.97 Å². The Balaban J connectivity index is 1.33. The zero-order chi connectivity index (χ0) is 27.9. The summed E-state index contributed by atoms with van der Waals surface area (Å²) in [6, 6.07) is 19.1. The average molecular weight is 529 g/mol. The lowest BCUT2D eigenvalue weighted by atomic mass is 9.99. The number of anilines is 1. The van der Waals surface area contributed by atoms with Crippen LogP contribution in [0.3, 0.4) is 0 Å². The third kappa shape index (κ3) is 4.42. The van der Waals surface area contributed by atoms with Crippen molar-refractivity contribution in [2.75, 3.05) is 18.5 Å². The minimum absolute atomic E-state index is 0.150. The number of benzene rings is 2. The van der Waals surface area contributed by atoms with Crippen molar-refractivity contribution in [3.05, 3.63) is 77.6 Å². The smallest absolute Gasteiger partial charge is 0.299 e. The highest BCUT2D eigenvalue weighted by molar-refractivity contribution is 5.86. The van der Waals surface area contributed by atoms with Crippen LogP contribution >= 0.6 is 0 Å². The summed E-state index contributed by atoms with van der Waals surface area (Å²) in [6.07, 6.45) is 3.76. The first-order valence-corrected chi connectivity index (χ1v) is 12.7. The van der Waals surface area contributed by atoms with E-state index in [0.717, 1.165) is 11.1 Å². The predicted octanol–water partition coefficient (Wildman–Crippen LogP) is 4.79. The van der Waals surface area contributed by atoms with Crippen LogP contribution in [0.15, 0.2) is 60.9 Å². The molecule has 2 N–H and O–H groups in total. The van der Waals surface area contributed by atoms with Gasteiger partial charge in [0.1, 0.15) is 18.4 Å². The van der Waals surface area contributed by atoms with Gasteiger partial charge in [0.15, 0.2) is 22.8 Å². The number of fused-ring (bicyclic) bond motifs is 3. The van der Waals surface area contributed by atoms with Crippen LogP contribution < -0.4 is 10.1 Å². The summed E-state index contributed by atoms with van der Waals surface area (Å²) in [5.74, 6) is 1.12. The minimum atomic E-state index is -0.342. The van der Waals surface area contributed by atoms with Gasteiger partial charge in [0.25, 0.3) is 6.01 Å². The number of pyridine rings is 1. The fraction of sp³-hybridized carbons (Fsp3) is 0.200. The summed E-state index contributed by atoms with van der Waals surface area (Å²) >= 11 is 0. The van der Waals surface area contributed by atoms with Crippen LogP contribution in [0.1, 0.15) is 30.5 Å². The van der Waals surface area contributed by atoms with Gasteiger partial charge in [-0.2, -0.15) is 15.5 Å². The van der Waals surface area contributed by atoms with Crippen molar-refractivity contribution in [2.24, 2.45) is 0 Å². The Bertz CT molecular complexity index is 1860. The third-order valence-corrected chi connectivity index (χ3v) is 6.83. The molecule has 0 aliphatic carbocycles. The highest BCUT2D eigenvalue weighted by Crippen LogP contribution is 2.37. The summed E-state index contributed by atoms with van der Waals surface area (Å²) in [7, 11) is 0. The molecule has 0 spiro atoms. The zero-order valence-corrected chi connectivity index (χ0v) is 21.9. The molecule has 1 aliphatic heterocycles. The molecule has 196 valence electrons. The largest absolute Gasteiger partial charge is 0.507 e. The van der Waals surface area contributed by atoms with Crippen molar-refractivity contribution >= 4 is 17.0 Å². The standard InChI is InChI=1S/C30H24N8O2/c1-30(2)17-40-29-35-25-27(36-26(37-28(25)38(29)30)22-11-20(14-32)15-33-16-22)34-9-8-18-6-7-24(39)23(12-18)21-5-3-4-19(10-21)13-31/h3-7,10-12,15-16,39H,8-9,17H2,1-2H3,(H,34,36,37). The Morgan fingerprint density at radius 3 is 2.65 bits per heavy atom. The van der Waals surface area contributed by atoms with E-state index in [4.69, 9.17) is 19.7 Å². The van der Waals surface area contributed by atoms with Crippen LogP contribution in [-0.2, 0) is 12.0 Å². The molecule has 1 aliphatic rings. The number of nitrogens with one attached hydrogen (secondary N) is 1. The molecular formula is C30H24N8O2. The molecule has 0 fully saturated rings. The molecule has 40 heavy (non-hydrogen) atoms. The number of rotatable bonds is 6. The topological polar surface area (TPSA) is 146 Å². The number of hydrogen-bond acceptors (Lipinski definition) is 9. The Morgan fingerprint density at radius 1 is 1.00 bits per heavy atom. The zero-order valence-electron chi connectivity index (χ0n) is 21.9. The number of ether oxygens (including phenoxy) is 1. The number of aromatic nitrogens is 5. The van der Waals surface area contributed by atoms with Gasteiger partial charge in [-0.15, -0.1) is 0 Å². The summed E-state index contributed by atoms with van der Waals surface area (Å²) in [6.45, 7) is 5.13. The van der Waals surface area contributed by atoms with Crippen LogP contribution in [0, 0.1) is 22.7 Å². The molecule has 5 aromatic rings. The molecule has 0 atom stereocenters. The maximum absolute atomic E-state index is 10.5. The van der Waals surface area contributed by atoms with Gasteiger partial charge in [0.2, 0.25) is 0 Å². The Morgan fingerprint density at radius 2 is 1.82 bits per heavy atom. The van der Waals surface area contributed by atoms with E-state index in [1.165, 1.54) is 6.20 Å². The van der Waals surface area contributed by atoms with Crippen molar-refractivity contribution < 1.29 is 9.84 Å². The molecule has 10 nitrogen and oxygen atoms in total. The van der Waals surface area contributed by atoms with Crippen LogP contribution in [-0.4, -0.2) is 42.8 Å². The Kier molecular flexibility index (Phi) is 6.01. The van der Waals surface area contributed by atoms with Crippen LogP contribution in [0.4, 0.5) is 5.82 Å². The first kappa shape index (κ1) is 24.8. The summed E-state index contributed by atoms with van der Waals surface area (Å²) in [5.41, 5.74) is 4.89.